The Labute approximate surface area is 125 Å². The number of urea groups is 1. The minimum atomic E-state index is -1.27. The quantitative estimate of drug-likeness (QED) is 0.759. The molecular weight excluding hydrogens is 272 g/mol. The Morgan fingerprint density at radius 1 is 1.43 bits per heavy atom. The fourth-order valence-electron chi connectivity index (χ4n) is 2.70. The number of nitrogens with one attached hydrogen (secondary N) is 1. The van der Waals surface area contributed by atoms with Crippen LogP contribution in [0.3, 0.4) is 0 Å². The Morgan fingerprint density at radius 2 is 2.14 bits per heavy atom. The van der Waals surface area contributed by atoms with E-state index in [-0.39, 0.29) is 18.1 Å². The number of aliphatic carboxylic acids is 1. The predicted molar refractivity (Wildman–Crippen MR) is 78.1 cm³/mol. The molecule has 1 saturated heterocycles. The van der Waals surface area contributed by atoms with Crippen molar-refractivity contribution in [1.82, 2.24) is 10.2 Å². The molecular formula is C15H24N2O4. The van der Waals surface area contributed by atoms with Gasteiger partial charge in [-0.3, -0.25) is 0 Å². The predicted octanol–water partition coefficient (Wildman–Crippen LogP) is 1.62. The minimum absolute atomic E-state index is 0.0327. The Kier molecular flexibility index (Phi) is 4.27. The molecule has 1 atom stereocenters. The molecule has 0 aromatic heterocycles. The monoisotopic (exact) mass is 296 g/mol. The van der Waals surface area contributed by atoms with Crippen LogP contribution in [-0.2, 0) is 9.53 Å². The molecule has 0 bridgehead atoms. The highest BCUT2D eigenvalue weighted by atomic mass is 16.5. The second-order valence-electron chi connectivity index (χ2n) is 6.80. The van der Waals surface area contributed by atoms with Crippen LogP contribution in [0.5, 0.6) is 0 Å². The van der Waals surface area contributed by atoms with Crippen molar-refractivity contribution >= 4 is 12.0 Å². The molecule has 2 N–H and O–H groups in total. The van der Waals surface area contributed by atoms with Crippen LogP contribution in [-0.4, -0.2) is 53.8 Å². The second-order valence-corrected chi connectivity index (χ2v) is 6.80. The lowest BCUT2D eigenvalue weighted by molar-refractivity contribution is -0.144. The van der Waals surface area contributed by atoms with E-state index in [1.165, 1.54) is 5.57 Å². The number of hydrogen-bond acceptors (Lipinski definition) is 3. The van der Waals surface area contributed by atoms with Crippen LogP contribution in [0.25, 0.3) is 0 Å². The van der Waals surface area contributed by atoms with Crippen molar-refractivity contribution in [2.24, 2.45) is 5.41 Å². The van der Waals surface area contributed by atoms with E-state index in [0.29, 0.717) is 26.1 Å². The van der Waals surface area contributed by atoms with E-state index in [9.17, 15) is 14.7 Å². The molecule has 0 spiro atoms. The van der Waals surface area contributed by atoms with Crippen LogP contribution < -0.4 is 5.32 Å². The molecule has 2 amide bonds. The van der Waals surface area contributed by atoms with Crippen LogP contribution in [0.2, 0.25) is 0 Å². The number of carbonyl (C=O) groups excluding carboxylic acids is 1. The molecule has 0 aliphatic carbocycles. The molecule has 6 heteroatoms. The Morgan fingerprint density at radius 3 is 2.57 bits per heavy atom. The molecule has 0 saturated carbocycles. The third-order valence-corrected chi connectivity index (χ3v) is 4.24. The van der Waals surface area contributed by atoms with Gasteiger partial charge in [-0.1, -0.05) is 32.4 Å². The van der Waals surface area contributed by atoms with Crippen molar-refractivity contribution in [3.63, 3.8) is 0 Å². The summed E-state index contributed by atoms with van der Waals surface area (Å²) >= 11 is 0. The van der Waals surface area contributed by atoms with Crippen molar-refractivity contribution in [3.8, 4) is 0 Å². The van der Waals surface area contributed by atoms with Crippen molar-refractivity contribution < 1.29 is 19.4 Å². The number of carbonyl (C=O) groups is 2. The van der Waals surface area contributed by atoms with Crippen molar-refractivity contribution in [2.45, 2.75) is 39.2 Å². The molecule has 2 aliphatic heterocycles. The highest BCUT2D eigenvalue weighted by Crippen LogP contribution is 2.30. The summed E-state index contributed by atoms with van der Waals surface area (Å²) in [5, 5.41) is 12.0. The lowest BCUT2D eigenvalue weighted by Gasteiger charge is -2.34. The van der Waals surface area contributed by atoms with Crippen LogP contribution in [0.4, 0.5) is 4.79 Å². The van der Waals surface area contributed by atoms with Crippen LogP contribution in [0, 0.1) is 5.41 Å². The van der Waals surface area contributed by atoms with Gasteiger partial charge in [0.25, 0.3) is 0 Å². The van der Waals surface area contributed by atoms with E-state index in [1.54, 1.807) is 4.90 Å². The van der Waals surface area contributed by atoms with Gasteiger partial charge in [0.15, 0.2) is 5.54 Å². The molecule has 1 fully saturated rings. The lowest BCUT2D eigenvalue weighted by atomic mass is 9.83. The number of carboxylic acids is 1. The maximum absolute atomic E-state index is 12.3. The fraction of sp³-hybridized carbons (Fsp3) is 0.733. The Hall–Kier alpha value is -1.56. The van der Waals surface area contributed by atoms with Crippen molar-refractivity contribution in [3.05, 3.63) is 11.6 Å². The van der Waals surface area contributed by atoms with Gasteiger partial charge < -0.3 is 20.1 Å². The number of rotatable bonds is 2. The van der Waals surface area contributed by atoms with Crippen LogP contribution in [0.15, 0.2) is 11.6 Å². The fourth-order valence-corrected chi connectivity index (χ4v) is 2.70. The van der Waals surface area contributed by atoms with Gasteiger partial charge in [-0.2, -0.15) is 0 Å². The maximum atomic E-state index is 12.3. The highest BCUT2D eigenvalue weighted by molar-refractivity contribution is 5.86. The van der Waals surface area contributed by atoms with Crippen molar-refractivity contribution in [2.75, 3.05) is 26.3 Å². The zero-order chi connectivity index (χ0) is 15.7. The van der Waals surface area contributed by atoms with Crippen LogP contribution >= 0.6 is 0 Å². The van der Waals surface area contributed by atoms with Gasteiger partial charge in [-0.15, -0.1) is 0 Å². The van der Waals surface area contributed by atoms with Gasteiger partial charge in [0.2, 0.25) is 0 Å². The SMILES string of the molecule is CC(C)(C)C1=CCN(C(=O)NC2(C(=O)O)CCOC2)CC1. The smallest absolute Gasteiger partial charge is 0.332 e. The van der Waals surface area contributed by atoms with Gasteiger partial charge in [0.1, 0.15) is 0 Å². The highest BCUT2D eigenvalue weighted by Gasteiger charge is 2.44. The molecule has 6 nitrogen and oxygen atoms in total. The average Bonchev–Trinajstić information content (AvgIpc) is 2.88. The van der Waals surface area contributed by atoms with E-state index in [1.807, 2.05) is 0 Å². The standard InChI is InChI=1S/C15H24N2O4/c1-14(2,3)11-4-7-17(8-5-11)13(20)16-15(12(18)19)6-9-21-10-15/h4H,5-10H2,1-3H3,(H,16,20)(H,18,19). The normalized spacial score (nSPS) is 26.4. The zero-order valence-electron chi connectivity index (χ0n) is 12.9. The number of hydrogen-bond donors (Lipinski definition) is 2. The Bertz CT molecular complexity index is 459. The molecule has 21 heavy (non-hydrogen) atoms. The first kappa shape index (κ1) is 15.8. The first-order chi connectivity index (χ1) is 9.74. The summed E-state index contributed by atoms with van der Waals surface area (Å²) < 4.78 is 5.15. The largest absolute Gasteiger partial charge is 0.479 e. The zero-order valence-corrected chi connectivity index (χ0v) is 12.9. The summed E-state index contributed by atoms with van der Waals surface area (Å²) in [5.74, 6) is -1.03. The van der Waals surface area contributed by atoms with Crippen molar-refractivity contribution in [1.29, 1.82) is 0 Å². The first-order valence-electron chi connectivity index (χ1n) is 7.32. The molecule has 2 heterocycles. The van der Waals surface area contributed by atoms with Gasteiger partial charge in [-0.05, 0) is 11.8 Å². The summed E-state index contributed by atoms with van der Waals surface area (Å²) in [6.45, 7) is 8.00. The molecule has 2 rings (SSSR count). The van der Waals surface area contributed by atoms with Gasteiger partial charge in [0, 0.05) is 26.1 Å². The molecule has 0 aromatic carbocycles. The summed E-state index contributed by atoms with van der Waals surface area (Å²) in [5.41, 5.74) is 0.179. The molecule has 0 radical (unpaired) electrons. The first-order valence-corrected chi connectivity index (χ1v) is 7.32. The van der Waals surface area contributed by atoms with Crippen LogP contribution in [0.1, 0.15) is 33.6 Å². The number of nitrogens with zero attached hydrogens (tertiary/aromatic N) is 1. The summed E-state index contributed by atoms with van der Waals surface area (Å²) in [4.78, 5) is 25.3. The second kappa shape index (κ2) is 5.67. The number of carboxylic acid groups (broad SMARTS) is 1. The maximum Gasteiger partial charge on any atom is 0.332 e. The molecule has 118 valence electrons. The van der Waals surface area contributed by atoms with E-state index >= 15 is 0 Å². The summed E-state index contributed by atoms with van der Waals surface area (Å²) in [7, 11) is 0. The van der Waals surface area contributed by atoms with Gasteiger partial charge in [-0.25, -0.2) is 9.59 Å². The van der Waals surface area contributed by atoms with E-state index < -0.39 is 11.5 Å². The van der Waals surface area contributed by atoms with Gasteiger partial charge >= 0.3 is 12.0 Å². The Balaban J connectivity index is 1.99. The van der Waals surface area contributed by atoms with Gasteiger partial charge in [0.05, 0.1) is 6.61 Å². The third kappa shape index (κ3) is 3.37. The number of amides is 2. The lowest BCUT2D eigenvalue weighted by Crippen LogP contribution is -2.59. The molecule has 2 aliphatic rings. The van der Waals surface area contributed by atoms with E-state index in [0.717, 1.165) is 6.42 Å². The minimum Gasteiger partial charge on any atom is -0.479 e. The molecule has 0 aromatic rings. The number of ether oxygens (including phenoxy) is 1. The summed E-state index contributed by atoms with van der Waals surface area (Å²) in [6.07, 6.45) is 3.21. The average molecular weight is 296 g/mol. The third-order valence-electron chi connectivity index (χ3n) is 4.24. The van der Waals surface area contributed by atoms with E-state index in [2.05, 4.69) is 32.2 Å². The summed E-state index contributed by atoms with van der Waals surface area (Å²) in [6, 6.07) is -0.327. The molecule has 1 unspecified atom stereocenters. The van der Waals surface area contributed by atoms with E-state index in [4.69, 9.17) is 4.74 Å². The topological polar surface area (TPSA) is 78.9 Å².